The van der Waals surface area contributed by atoms with Gasteiger partial charge in [-0.2, -0.15) is 11.8 Å². The Morgan fingerprint density at radius 3 is 2.80 bits per heavy atom. The maximum absolute atomic E-state index is 10.6. The number of aliphatic carboxylic acids is 1. The maximum Gasteiger partial charge on any atom is 0.303 e. The smallest absolute Gasteiger partial charge is 0.303 e. The third kappa shape index (κ3) is 4.25. The van der Waals surface area contributed by atoms with Crippen molar-refractivity contribution in [3.05, 3.63) is 35.9 Å². The largest absolute Gasteiger partial charge is 0.481 e. The Morgan fingerprint density at radius 1 is 1.35 bits per heavy atom. The molecule has 2 rings (SSSR count). The molecule has 1 aromatic rings. The first-order chi connectivity index (χ1) is 9.68. The van der Waals surface area contributed by atoms with Crippen LogP contribution >= 0.6 is 11.8 Å². The number of benzene rings is 1. The monoisotopic (exact) mass is 293 g/mol. The highest BCUT2D eigenvalue weighted by Gasteiger charge is 2.29. The number of carboxylic acids is 1. The van der Waals surface area contributed by atoms with Gasteiger partial charge in [-0.1, -0.05) is 37.3 Å². The third-order valence-electron chi connectivity index (χ3n) is 3.82. The van der Waals surface area contributed by atoms with Gasteiger partial charge in [-0.25, -0.2) is 0 Å². The van der Waals surface area contributed by atoms with Crippen molar-refractivity contribution in [1.82, 2.24) is 4.90 Å². The van der Waals surface area contributed by atoms with Gasteiger partial charge in [0, 0.05) is 30.0 Å². The average Bonchev–Trinajstić information content (AvgIpc) is 2.44. The van der Waals surface area contributed by atoms with Crippen LogP contribution in [0.15, 0.2) is 30.3 Å². The number of carbonyl (C=O) groups is 1. The standard InChI is InChI=1S/C16H23NO2S/c1-13-16(14-7-3-2-4-8-14)17(11-12-20-13)10-6-5-9-15(18)19/h2-4,7-8,13,16H,5-6,9-12H2,1H3,(H,18,19). The summed E-state index contributed by atoms with van der Waals surface area (Å²) in [6.07, 6.45) is 2.02. The number of hydrogen-bond acceptors (Lipinski definition) is 3. The van der Waals surface area contributed by atoms with E-state index in [0.717, 1.165) is 25.9 Å². The van der Waals surface area contributed by atoms with E-state index >= 15 is 0 Å². The summed E-state index contributed by atoms with van der Waals surface area (Å²) in [5, 5.41) is 9.29. The van der Waals surface area contributed by atoms with Gasteiger partial charge in [-0.3, -0.25) is 9.69 Å². The highest BCUT2D eigenvalue weighted by molar-refractivity contribution is 8.00. The summed E-state index contributed by atoms with van der Waals surface area (Å²) in [5.41, 5.74) is 1.38. The lowest BCUT2D eigenvalue weighted by atomic mass is 10.0. The van der Waals surface area contributed by atoms with Gasteiger partial charge in [0.25, 0.3) is 0 Å². The van der Waals surface area contributed by atoms with E-state index in [2.05, 4.69) is 42.2 Å². The first-order valence-electron chi connectivity index (χ1n) is 7.31. The van der Waals surface area contributed by atoms with E-state index in [1.165, 1.54) is 11.3 Å². The minimum atomic E-state index is -0.688. The number of rotatable bonds is 6. The molecule has 4 heteroatoms. The molecule has 2 unspecified atom stereocenters. The molecular formula is C16H23NO2S. The molecule has 1 saturated heterocycles. The van der Waals surface area contributed by atoms with Gasteiger partial charge < -0.3 is 5.11 Å². The molecule has 0 saturated carbocycles. The van der Waals surface area contributed by atoms with E-state index in [9.17, 15) is 4.79 Å². The molecule has 0 bridgehead atoms. The Labute approximate surface area is 125 Å². The average molecular weight is 293 g/mol. The molecule has 1 aliphatic rings. The van der Waals surface area contributed by atoms with Gasteiger partial charge in [-0.15, -0.1) is 0 Å². The Balaban J connectivity index is 1.96. The van der Waals surface area contributed by atoms with Gasteiger partial charge in [0.2, 0.25) is 0 Å². The molecule has 0 radical (unpaired) electrons. The van der Waals surface area contributed by atoms with Gasteiger partial charge in [0.1, 0.15) is 0 Å². The second-order valence-electron chi connectivity index (χ2n) is 5.32. The zero-order valence-corrected chi connectivity index (χ0v) is 12.8. The minimum absolute atomic E-state index is 0.286. The van der Waals surface area contributed by atoms with Gasteiger partial charge in [0.15, 0.2) is 0 Å². The fraction of sp³-hybridized carbons (Fsp3) is 0.562. The van der Waals surface area contributed by atoms with Crippen molar-refractivity contribution in [1.29, 1.82) is 0 Å². The molecule has 1 N–H and O–H groups in total. The number of thioether (sulfide) groups is 1. The van der Waals surface area contributed by atoms with Gasteiger partial charge in [0.05, 0.1) is 0 Å². The summed E-state index contributed by atoms with van der Waals surface area (Å²) in [6.45, 7) is 4.39. The summed E-state index contributed by atoms with van der Waals surface area (Å²) in [4.78, 5) is 13.1. The fourth-order valence-corrected chi connectivity index (χ4v) is 4.08. The molecule has 1 aromatic carbocycles. The van der Waals surface area contributed by atoms with Crippen LogP contribution in [0.4, 0.5) is 0 Å². The highest BCUT2D eigenvalue weighted by Crippen LogP contribution is 2.35. The predicted octanol–water partition coefficient (Wildman–Crippen LogP) is 3.42. The summed E-state index contributed by atoms with van der Waals surface area (Å²) in [5.74, 6) is 0.482. The van der Waals surface area contributed by atoms with Gasteiger partial charge >= 0.3 is 5.97 Å². The highest BCUT2D eigenvalue weighted by atomic mass is 32.2. The molecule has 1 aliphatic heterocycles. The lowest BCUT2D eigenvalue weighted by Gasteiger charge is -2.40. The number of unbranched alkanes of at least 4 members (excludes halogenated alkanes) is 1. The van der Waals surface area contributed by atoms with E-state index in [1.807, 2.05) is 11.8 Å². The molecule has 3 nitrogen and oxygen atoms in total. The van der Waals surface area contributed by atoms with E-state index < -0.39 is 5.97 Å². The van der Waals surface area contributed by atoms with E-state index in [0.29, 0.717) is 11.3 Å². The van der Waals surface area contributed by atoms with Crippen molar-refractivity contribution in [3.63, 3.8) is 0 Å². The summed E-state index contributed by atoms with van der Waals surface area (Å²) in [7, 11) is 0. The zero-order valence-electron chi connectivity index (χ0n) is 12.0. The van der Waals surface area contributed by atoms with Crippen LogP contribution in [0.3, 0.4) is 0 Å². The van der Waals surface area contributed by atoms with Crippen LogP contribution in [0, 0.1) is 0 Å². The first-order valence-corrected chi connectivity index (χ1v) is 8.36. The van der Waals surface area contributed by atoms with Crippen LogP contribution in [0.1, 0.15) is 37.8 Å². The third-order valence-corrected chi connectivity index (χ3v) is 5.03. The fourth-order valence-electron chi connectivity index (χ4n) is 2.86. The first kappa shape index (κ1) is 15.4. The second-order valence-corrected chi connectivity index (χ2v) is 6.80. The minimum Gasteiger partial charge on any atom is -0.481 e. The SMILES string of the molecule is CC1SCCN(CCCCC(=O)O)C1c1ccccc1. The van der Waals surface area contributed by atoms with Crippen molar-refractivity contribution < 1.29 is 9.90 Å². The topological polar surface area (TPSA) is 40.5 Å². The second kappa shape index (κ2) is 7.70. The van der Waals surface area contributed by atoms with Crippen LogP contribution < -0.4 is 0 Å². The van der Waals surface area contributed by atoms with E-state index in [-0.39, 0.29) is 6.42 Å². The number of hydrogen-bond donors (Lipinski definition) is 1. The molecule has 0 amide bonds. The van der Waals surface area contributed by atoms with Crippen LogP contribution in [-0.2, 0) is 4.79 Å². The molecule has 110 valence electrons. The van der Waals surface area contributed by atoms with Crippen molar-refractivity contribution in [2.24, 2.45) is 0 Å². The van der Waals surface area contributed by atoms with Crippen molar-refractivity contribution in [2.45, 2.75) is 37.5 Å². The van der Waals surface area contributed by atoms with Gasteiger partial charge in [-0.05, 0) is 24.9 Å². The lowest BCUT2D eigenvalue weighted by Crippen LogP contribution is -2.40. The van der Waals surface area contributed by atoms with Crippen LogP contribution in [0.25, 0.3) is 0 Å². The Bertz CT molecular complexity index is 424. The lowest BCUT2D eigenvalue weighted by molar-refractivity contribution is -0.137. The summed E-state index contributed by atoms with van der Waals surface area (Å²) < 4.78 is 0. The van der Waals surface area contributed by atoms with Crippen LogP contribution in [0.2, 0.25) is 0 Å². The van der Waals surface area contributed by atoms with E-state index in [4.69, 9.17) is 5.11 Å². The molecule has 1 heterocycles. The Kier molecular flexibility index (Phi) is 5.92. The Hall–Kier alpha value is -1.00. The van der Waals surface area contributed by atoms with Crippen LogP contribution in [-0.4, -0.2) is 40.1 Å². The molecule has 0 aliphatic carbocycles. The van der Waals surface area contributed by atoms with Crippen molar-refractivity contribution in [2.75, 3.05) is 18.8 Å². The molecular weight excluding hydrogens is 270 g/mol. The quantitative estimate of drug-likeness (QED) is 0.816. The molecule has 20 heavy (non-hydrogen) atoms. The Morgan fingerprint density at radius 2 is 2.10 bits per heavy atom. The zero-order chi connectivity index (χ0) is 14.4. The number of nitrogens with zero attached hydrogens (tertiary/aromatic N) is 1. The van der Waals surface area contributed by atoms with Crippen molar-refractivity contribution >= 4 is 17.7 Å². The summed E-state index contributed by atoms with van der Waals surface area (Å²) in [6, 6.07) is 11.1. The molecule has 2 atom stereocenters. The summed E-state index contributed by atoms with van der Waals surface area (Å²) >= 11 is 2.03. The van der Waals surface area contributed by atoms with E-state index in [1.54, 1.807) is 0 Å². The molecule has 1 fully saturated rings. The number of carboxylic acid groups (broad SMARTS) is 1. The maximum atomic E-state index is 10.6. The predicted molar refractivity (Wildman–Crippen MR) is 84.2 cm³/mol. The molecule has 0 aromatic heterocycles. The van der Waals surface area contributed by atoms with Crippen molar-refractivity contribution in [3.8, 4) is 0 Å². The normalized spacial score (nSPS) is 23.6. The molecule has 0 spiro atoms. The van der Waals surface area contributed by atoms with Crippen LogP contribution in [0.5, 0.6) is 0 Å².